The minimum atomic E-state index is -0.712. The fourth-order valence-corrected chi connectivity index (χ4v) is 1.36. The maximum Gasteiger partial charge on any atom is 0.116 e. The average Bonchev–Trinajstić information content (AvgIpc) is 2.10. The Hall–Kier alpha value is -0.120. The third-order valence-electron chi connectivity index (χ3n) is 1.80. The summed E-state index contributed by atoms with van der Waals surface area (Å²) in [7, 11) is 1.60. The molecule has 1 N–H and O–H groups in total. The van der Waals surface area contributed by atoms with Crippen molar-refractivity contribution in [1.29, 1.82) is 0 Å². The summed E-state index contributed by atoms with van der Waals surface area (Å²) in [4.78, 5) is 0. The molecule has 1 aliphatic heterocycles. The van der Waals surface area contributed by atoms with Crippen molar-refractivity contribution in [2.75, 3.05) is 20.1 Å². The first-order valence-electron chi connectivity index (χ1n) is 4.19. The zero-order valence-corrected chi connectivity index (χ0v) is 7.92. The van der Waals surface area contributed by atoms with E-state index < -0.39 is 5.60 Å². The van der Waals surface area contributed by atoms with Crippen molar-refractivity contribution < 1.29 is 9.75 Å². The molecule has 0 spiro atoms. The second kappa shape index (κ2) is 3.52. The van der Waals surface area contributed by atoms with E-state index in [9.17, 15) is 10.3 Å². The van der Waals surface area contributed by atoms with Crippen LogP contribution in [0.3, 0.4) is 0 Å². The van der Waals surface area contributed by atoms with E-state index in [1.54, 1.807) is 14.0 Å². The Morgan fingerprint density at radius 1 is 1.45 bits per heavy atom. The minimum absolute atomic E-state index is 0.285. The third-order valence-corrected chi connectivity index (χ3v) is 1.80. The first-order valence-corrected chi connectivity index (χ1v) is 4.19. The summed E-state index contributed by atoms with van der Waals surface area (Å²) in [5.41, 5.74) is -0.712. The van der Waals surface area contributed by atoms with Crippen molar-refractivity contribution in [2.45, 2.75) is 32.8 Å². The van der Waals surface area contributed by atoms with Gasteiger partial charge in [-0.2, -0.15) is 0 Å². The van der Waals surface area contributed by atoms with Crippen molar-refractivity contribution in [3.05, 3.63) is 5.21 Å². The SMILES string of the molecule is CC.CC1(O)CC[N+](C)([O-])C1. The lowest BCUT2D eigenvalue weighted by atomic mass is 10.1. The first-order chi connectivity index (χ1) is 4.91. The molecule has 2 atom stereocenters. The summed E-state index contributed by atoms with van der Waals surface area (Å²) >= 11 is 0. The Bertz CT molecular complexity index is 107. The molecule has 0 aliphatic carbocycles. The van der Waals surface area contributed by atoms with Crippen LogP contribution in [0.25, 0.3) is 0 Å². The molecule has 1 saturated heterocycles. The lowest BCUT2D eigenvalue weighted by Gasteiger charge is -2.34. The van der Waals surface area contributed by atoms with Gasteiger partial charge in [-0.05, 0) is 6.92 Å². The topological polar surface area (TPSA) is 43.3 Å². The van der Waals surface area contributed by atoms with Gasteiger partial charge in [0.1, 0.15) is 12.1 Å². The van der Waals surface area contributed by atoms with Crippen LogP contribution in [0.4, 0.5) is 0 Å². The second-order valence-corrected chi connectivity index (χ2v) is 3.43. The third kappa shape index (κ3) is 3.70. The van der Waals surface area contributed by atoms with E-state index in [4.69, 9.17) is 0 Å². The van der Waals surface area contributed by atoms with Crippen LogP contribution >= 0.6 is 0 Å². The number of likely N-dealkylation sites (tertiary alicyclic amines) is 1. The molecular weight excluding hydrogens is 142 g/mol. The molecule has 0 aromatic carbocycles. The first kappa shape index (κ1) is 10.9. The lowest BCUT2D eigenvalue weighted by Crippen LogP contribution is -2.38. The maximum absolute atomic E-state index is 11.1. The summed E-state index contributed by atoms with van der Waals surface area (Å²) in [6.07, 6.45) is 0.632. The van der Waals surface area contributed by atoms with Crippen LogP contribution < -0.4 is 0 Å². The van der Waals surface area contributed by atoms with Gasteiger partial charge in [0.25, 0.3) is 0 Å². The molecule has 0 aromatic rings. The number of aliphatic hydroxyl groups is 1. The summed E-state index contributed by atoms with van der Waals surface area (Å²) in [5.74, 6) is 0. The predicted octanol–water partition coefficient (Wildman–Crippen LogP) is 1.11. The largest absolute Gasteiger partial charge is 0.633 e. The number of likely N-dealkylation sites (N-methyl/N-ethyl adjacent to an activating group) is 1. The number of hydrogen-bond donors (Lipinski definition) is 1. The van der Waals surface area contributed by atoms with Crippen molar-refractivity contribution >= 4 is 0 Å². The van der Waals surface area contributed by atoms with E-state index in [1.165, 1.54) is 0 Å². The van der Waals surface area contributed by atoms with Gasteiger partial charge in [-0.3, -0.25) is 0 Å². The van der Waals surface area contributed by atoms with Crippen LogP contribution in [0.5, 0.6) is 0 Å². The van der Waals surface area contributed by atoms with Gasteiger partial charge in [-0.25, -0.2) is 0 Å². The van der Waals surface area contributed by atoms with E-state index in [2.05, 4.69) is 0 Å². The smallest absolute Gasteiger partial charge is 0.116 e. The van der Waals surface area contributed by atoms with Gasteiger partial charge < -0.3 is 15.0 Å². The highest BCUT2D eigenvalue weighted by Crippen LogP contribution is 2.23. The Morgan fingerprint density at radius 3 is 2.00 bits per heavy atom. The van der Waals surface area contributed by atoms with Gasteiger partial charge in [0.05, 0.1) is 13.6 Å². The van der Waals surface area contributed by atoms with Crippen molar-refractivity contribution in [3.8, 4) is 0 Å². The standard InChI is InChI=1S/C6H13NO2.C2H6/c1-6(8)3-4-7(2,9)5-6;1-2/h8H,3-5H2,1-2H3;1-2H3. The minimum Gasteiger partial charge on any atom is -0.633 e. The molecule has 3 nitrogen and oxygen atoms in total. The molecule has 3 heteroatoms. The van der Waals surface area contributed by atoms with E-state index in [0.717, 1.165) is 0 Å². The molecule has 1 heterocycles. The van der Waals surface area contributed by atoms with Crippen LogP contribution in [0.2, 0.25) is 0 Å². The number of hydroxylamine groups is 3. The van der Waals surface area contributed by atoms with Crippen LogP contribution in [0, 0.1) is 5.21 Å². The number of quaternary nitrogens is 1. The van der Waals surface area contributed by atoms with E-state index in [1.807, 2.05) is 13.8 Å². The number of rotatable bonds is 0. The van der Waals surface area contributed by atoms with E-state index in [0.29, 0.717) is 19.5 Å². The zero-order valence-electron chi connectivity index (χ0n) is 7.92. The highest BCUT2D eigenvalue weighted by Gasteiger charge is 2.36. The van der Waals surface area contributed by atoms with Gasteiger partial charge >= 0.3 is 0 Å². The summed E-state index contributed by atoms with van der Waals surface area (Å²) in [5, 5.41) is 20.4. The summed E-state index contributed by atoms with van der Waals surface area (Å²) < 4.78 is -0.285. The Morgan fingerprint density at radius 2 is 1.91 bits per heavy atom. The summed E-state index contributed by atoms with van der Waals surface area (Å²) in [6, 6.07) is 0. The van der Waals surface area contributed by atoms with Crippen LogP contribution in [0.1, 0.15) is 27.2 Å². The zero-order chi connectivity index (χ0) is 9.12. The van der Waals surface area contributed by atoms with E-state index >= 15 is 0 Å². The highest BCUT2D eigenvalue weighted by molar-refractivity contribution is 4.77. The van der Waals surface area contributed by atoms with Crippen molar-refractivity contribution in [2.24, 2.45) is 0 Å². The second-order valence-electron chi connectivity index (χ2n) is 3.43. The molecule has 2 unspecified atom stereocenters. The Labute approximate surface area is 68.8 Å². The molecular formula is C8H19NO2. The van der Waals surface area contributed by atoms with Crippen LogP contribution in [-0.4, -0.2) is 35.5 Å². The molecule has 11 heavy (non-hydrogen) atoms. The predicted molar refractivity (Wildman–Crippen MR) is 45.9 cm³/mol. The monoisotopic (exact) mass is 161 g/mol. The summed E-state index contributed by atoms with van der Waals surface area (Å²) in [6.45, 7) is 6.61. The normalized spacial score (nSPS) is 43.1. The molecule has 0 amide bonds. The van der Waals surface area contributed by atoms with Crippen LogP contribution in [-0.2, 0) is 0 Å². The highest BCUT2D eigenvalue weighted by atomic mass is 16.5. The average molecular weight is 161 g/mol. The molecule has 68 valence electrons. The fraction of sp³-hybridized carbons (Fsp3) is 1.00. The van der Waals surface area contributed by atoms with Gasteiger partial charge in [0.2, 0.25) is 0 Å². The van der Waals surface area contributed by atoms with E-state index in [-0.39, 0.29) is 4.65 Å². The van der Waals surface area contributed by atoms with Crippen molar-refractivity contribution in [3.63, 3.8) is 0 Å². The molecule has 0 bridgehead atoms. The molecule has 1 aliphatic rings. The van der Waals surface area contributed by atoms with Crippen LogP contribution in [0.15, 0.2) is 0 Å². The quantitative estimate of drug-likeness (QED) is 0.427. The molecule has 0 saturated carbocycles. The Kier molecular flexibility index (Phi) is 3.48. The lowest BCUT2D eigenvalue weighted by molar-refractivity contribution is -0.850. The van der Waals surface area contributed by atoms with Gasteiger partial charge in [0.15, 0.2) is 0 Å². The number of hydrogen-bond acceptors (Lipinski definition) is 2. The molecule has 0 aromatic heterocycles. The van der Waals surface area contributed by atoms with Gasteiger partial charge in [0, 0.05) is 6.42 Å². The molecule has 0 radical (unpaired) electrons. The van der Waals surface area contributed by atoms with Crippen molar-refractivity contribution in [1.82, 2.24) is 0 Å². The van der Waals surface area contributed by atoms with Gasteiger partial charge in [-0.1, -0.05) is 13.8 Å². The maximum atomic E-state index is 11.1. The number of nitrogens with zero attached hydrogens (tertiary/aromatic N) is 1. The molecule has 1 fully saturated rings. The molecule has 1 rings (SSSR count). The Balaban J connectivity index is 0.000000461. The fourth-order valence-electron chi connectivity index (χ4n) is 1.36. The van der Waals surface area contributed by atoms with Gasteiger partial charge in [-0.15, -0.1) is 0 Å².